The number of nitrogens with one attached hydrogen (secondary N) is 2. The zero-order valence-electron chi connectivity index (χ0n) is 13.1. The fraction of sp³-hybridized carbons (Fsp3) is 0.667. The van der Waals surface area contributed by atoms with E-state index >= 15 is 0 Å². The average Bonchev–Trinajstić information content (AvgIpc) is 3.17. The minimum atomic E-state index is 0.677. The maximum Gasteiger partial charge on any atom is 0.119 e. The Bertz CT molecular complexity index is 443. The SMILES string of the molecule is CCOc1cccc(CNC2CCCC2C2CCCN2)c1. The lowest BCUT2D eigenvalue weighted by Crippen LogP contribution is -2.41. The lowest BCUT2D eigenvalue weighted by molar-refractivity contribution is 0.319. The molecule has 0 bridgehead atoms. The molecule has 3 nitrogen and oxygen atoms in total. The van der Waals surface area contributed by atoms with Gasteiger partial charge in [0.15, 0.2) is 0 Å². The van der Waals surface area contributed by atoms with Crippen LogP contribution in [0, 0.1) is 5.92 Å². The Morgan fingerprint density at radius 3 is 3.00 bits per heavy atom. The molecule has 116 valence electrons. The van der Waals surface area contributed by atoms with Gasteiger partial charge in [0, 0.05) is 18.6 Å². The van der Waals surface area contributed by atoms with Crippen LogP contribution in [-0.2, 0) is 6.54 Å². The van der Waals surface area contributed by atoms with Crippen molar-refractivity contribution >= 4 is 0 Å². The first-order valence-corrected chi connectivity index (χ1v) is 8.55. The largest absolute Gasteiger partial charge is 0.494 e. The molecule has 1 heterocycles. The maximum absolute atomic E-state index is 5.58. The van der Waals surface area contributed by atoms with E-state index in [1.165, 1.54) is 44.2 Å². The van der Waals surface area contributed by atoms with Crippen LogP contribution in [0.25, 0.3) is 0 Å². The second-order valence-corrected chi connectivity index (χ2v) is 6.37. The summed E-state index contributed by atoms with van der Waals surface area (Å²) in [4.78, 5) is 0. The molecule has 2 fully saturated rings. The van der Waals surface area contributed by atoms with Crippen LogP contribution in [0.4, 0.5) is 0 Å². The van der Waals surface area contributed by atoms with Gasteiger partial charge in [0.05, 0.1) is 6.61 Å². The molecule has 1 saturated heterocycles. The summed E-state index contributed by atoms with van der Waals surface area (Å²) in [7, 11) is 0. The molecule has 3 heteroatoms. The highest BCUT2D eigenvalue weighted by Crippen LogP contribution is 2.32. The molecule has 1 aliphatic heterocycles. The number of hydrogen-bond acceptors (Lipinski definition) is 3. The summed E-state index contributed by atoms with van der Waals surface area (Å²) in [5, 5.41) is 7.49. The maximum atomic E-state index is 5.58. The molecule has 2 aliphatic rings. The van der Waals surface area contributed by atoms with Gasteiger partial charge in [-0.05, 0) is 62.8 Å². The van der Waals surface area contributed by atoms with Gasteiger partial charge < -0.3 is 15.4 Å². The van der Waals surface area contributed by atoms with Crippen LogP contribution < -0.4 is 15.4 Å². The van der Waals surface area contributed by atoms with Crippen molar-refractivity contribution in [2.75, 3.05) is 13.2 Å². The molecule has 1 aliphatic carbocycles. The van der Waals surface area contributed by atoms with Crippen LogP contribution in [0.15, 0.2) is 24.3 Å². The number of benzene rings is 1. The standard InChI is InChI=1S/C18H28N2O/c1-2-21-15-7-3-6-14(12-15)13-20-18-9-4-8-16(18)17-10-5-11-19-17/h3,6-7,12,16-20H,2,4-5,8-11,13H2,1H3. The highest BCUT2D eigenvalue weighted by atomic mass is 16.5. The van der Waals surface area contributed by atoms with Gasteiger partial charge in [0.1, 0.15) is 5.75 Å². The zero-order chi connectivity index (χ0) is 14.5. The first-order chi connectivity index (χ1) is 10.4. The van der Waals surface area contributed by atoms with Gasteiger partial charge in [-0.3, -0.25) is 0 Å². The minimum Gasteiger partial charge on any atom is -0.494 e. The monoisotopic (exact) mass is 288 g/mol. The van der Waals surface area contributed by atoms with Gasteiger partial charge in [-0.15, -0.1) is 0 Å². The van der Waals surface area contributed by atoms with Gasteiger partial charge in [0.2, 0.25) is 0 Å². The Morgan fingerprint density at radius 2 is 2.19 bits per heavy atom. The molecule has 2 N–H and O–H groups in total. The van der Waals surface area contributed by atoms with Crippen molar-refractivity contribution in [1.29, 1.82) is 0 Å². The Kier molecular flexibility index (Phi) is 5.15. The fourth-order valence-corrected chi connectivity index (χ4v) is 3.96. The van der Waals surface area contributed by atoms with E-state index in [1.807, 2.05) is 13.0 Å². The van der Waals surface area contributed by atoms with Crippen LogP contribution in [0.5, 0.6) is 5.75 Å². The smallest absolute Gasteiger partial charge is 0.119 e. The number of rotatable bonds is 6. The summed E-state index contributed by atoms with van der Waals surface area (Å²) in [6.07, 6.45) is 6.80. The lowest BCUT2D eigenvalue weighted by Gasteiger charge is -2.26. The fourth-order valence-electron chi connectivity index (χ4n) is 3.96. The van der Waals surface area contributed by atoms with E-state index in [1.54, 1.807) is 0 Å². The lowest BCUT2D eigenvalue weighted by atomic mass is 9.93. The van der Waals surface area contributed by atoms with Crippen LogP contribution in [0.3, 0.4) is 0 Å². The van der Waals surface area contributed by atoms with Crippen LogP contribution >= 0.6 is 0 Å². The second kappa shape index (κ2) is 7.28. The molecule has 1 saturated carbocycles. The van der Waals surface area contributed by atoms with Crippen molar-refractivity contribution in [2.24, 2.45) is 5.92 Å². The Labute approximate surface area is 128 Å². The average molecular weight is 288 g/mol. The van der Waals surface area contributed by atoms with E-state index in [-0.39, 0.29) is 0 Å². The summed E-state index contributed by atoms with van der Waals surface area (Å²) in [6, 6.07) is 9.90. The molecule has 3 unspecified atom stereocenters. The highest BCUT2D eigenvalue weighted by molar-refractivity contribution is 5.28. The molecule has 3 rings (SSSR count). The topological polar surface area (TPSA) is 33.3 Å². The van der Waals surface area contributed by atoms with Crippen molar-refractivity contribution in [1.82, 2.24) is 10.6 Å². The first kappa shape index (κ1) is 14.9. The van der Waals surface area contributed by atoms with E-state index in [0.29, 0.717) is 6.04 Å². The molecule has 21 heavy (non-hydrogen) atoms. The third-order valence-corrected chi connectivity index (χ3v) is 4.96. The van der Waals surface area contributed by atoms with E-state index in [4.69, 9.17) is 4.74 Å². The molecule has 1 aromatic carbocycles. The normalized spacial score (nSPS) is 28.9. The van der Waals surface area contributed by atoms with Crippen LogP contribution in [0.2, 0.25) is 0 Å². The number of hydrogen-bond donors (Lipinski definition) is 2. The van der Waals surface area contributed by atoms with Gasteiger partial charge in [-0.25, -0.2) is 0 Å². The van der Waals surface area contributed by atoms with Gasteiger partial charge in [-0.2, -0.15) is 0 Å². The van der Waals surface area contributed by atoms with E-state index in [0.717, 1.165) is 30.9 Å². The van der Waals surface area contributed by atoms with Gasteiger partial charge >= 0.3 is 0 Å². The third-order valence-electron chi connectivity index (χ3n) is 4.96. The van der Waals surface area contributed by atoms with E-state index < -0.39 is 0 Å². The first-order valence-electron chi connectivity index (χ1n) is 8.55. The minimum absolute atomic E-state index is 0.677. The molecule has 3 atom stereocenters. The molecule has 1 aromatic rings. The molecule has 0 amide bonds. The second-order valence-electron chi connectivity index (χ2n) is 6.37. The van der Waals surface area contributed by atoms with Crippen molar-refractivity contribution in [3.63, 3.8) is 0 Å². The summed E-state index contributed by atoms with van der Waals surface area (Å²) < 4.78 is 5.58. The Hall–Kier alpha value is -1.06. The van der Waals surface area contributed by atoms with Gasteiger partial charge in [-0.1, -0.05) is 18.6 Å². The number of ether oxygens (including phenoxy) is 1. The third kappa shape index (κ3) is 3.78. The van der Waals surface area contributed by atoms with Gasteiger partial charge in [0.25, 0.3) is 0 Å². The van der Waals surface area contributed by atoms with Crippen molar-refractivity contribution in [3.8, 4) is 5.75 Å². The molecule has 0 radical (unpaired) electrons. The van der Waals surface area contributed by atoms with Crippen molar-refractivity contribution in [2.45, 2.75) is 57.7 Å². The van der Waals surface area contributed by atoms with E-state index in [2.05, 4.69) is 28.8 Å². The van der Waals surface area contributed by atoms with E-state index in [9.17, 15) is 0 Å². The van der Waals surface area contributed by atoms with Crippen molar-refractivity contribution in [3.05, 3.63) is 29.8 Å². The van der Waals surface area contributed by atoms with Crippen LogP contribution in [-0.4, -0.2) is 25.2 Å². The molecular weight excluding hydrogens is 260 g/mol. The quantitative estimate of drug-likeness (QED) is 0.844. The Balaban J connectivity index is 1.55. The predicted molar refractivity (Wildman–Crippen MR) is 86.6 cm³/mol. The Morgan fingerprint density at radius 1 is 1.24 bits per heavy atom. The molecular formula is C18H28N2O. The predicted octanol–water partition coefficient (Wildman–Crippen LogP) is 3.10. The highest BCUT2D eigenvalue weighted by Gasteiger charge is 2.34. The summed E-state index contributed by atoms with van der Waals surface area (Å²) >= 11 is 0. The summed E-state index contributed by atoms with van der Waals surface area (Å²) in [6.45, 7) is 4.93. The summed E-state index contributed by atoms with van der Waals surface area (Å²) in [5.41, 5.74) is 1.32. The van der Waals surface area contributed by atoms with Crippen molar-refractivity contribution < 1.29 is 4.74 Å². The molecule has 0 aromatic heterocycles. The zero-order valence-corrected chi connectivity index (χ0v) is 13.1. The van der Waals surface area contributed by atoms with Crippen LogP contribution in [0.1, 0.15) is 44.6 Å². The molecule has 0 spiro atoms. The summed E-state index contributed by atoms with van der Waals surface area (Å²) in [5.74, 6) is 1.81.